The number of para-hydroxylation sites is 2. The van der Waals surface area contributed by atoms with Crippen molar-refractivity contribution in [1.29, 1.82) is 5.26 Å². The van der Waals surface area contributed by atoms with Crippen molar-refractivity contribution >= 4 is 28.5 Å². The molecule has 0 saturated carbocycles. The fourth-order valence-corrected chi connectivity index (χ4v) is 4.04. The third-order valence-electron chi connectivity index (χ3n) is 5.89. The lowest BCUT2D eigenvalue weighted by Crippen LogP contribution is -2.47. The van der Waals surface area contributed by atoms with Crippen LogP contribution in [0.5, 0.6) is 0 Å². The molecule has 1 aliphatic rings. The molecular formula is C26H26F3N5O2. The van der Waals surface area contributed by atoms with E-state index >= 15 is 0 Å². The second-order valence-corrected chi connectivity index (χ2v) is 9.03. The molecule has 0 amide bonds. The van der Waals surface area contributed by atoms with E-state index in [1.807, 2.05) is 35.8 Å². The summed E-state index contributed by atoms with van der Waals surface area (Å²) in [6.45, 7) is 5.71. The van der Waals surface area contributed by atoms with Gasteiger partial charge in [0.05, 0.1) is 29.3 Å². The average molecular weight is 498 g/mol. The molecular weight excluding hydrogens is 471 g/mol. The molecule has 3 aromatic rings. The van der Waals surface area contributed by atoms with E-state index in [1.54, 1.807) is 24.3 Å². The van der Waals surface area contributed by atoms with Gasteiger partial charge in [0.1, 0.15) is 5.69 Å². The minimum atomic E-state index is -4.41. The molecule has 0 aliphatic carbocycles. The van der Waals surface area contributed by atoms with Crippen LogP contribution in [0.4, 0.5) is 24.7 Å². The second kappa shape index (κ2) is 10.4. The number of rotatable bonds is 6. The van der Waals surface area contributed by atoms with E-state index in [1.165, 1.54) is 6.07 Å². The summed E-state index contributed by atoms with van der Waals surface area (Å²) < 4.78 is 44.8. The molecule has 1 aromatic heterocycles. The molecule has 188 valence electrons. The smallest absolute Gasteiger partial charge is 0.416 e. The summed E-state index contributed by atoms with van der Waals surface area (Å²) >= 11 is 0. The highest BCUT2D eigenvalue weighted by Gasteiger charge is 2.33. The Kier molecular flexibility index (Phi) is 7.29. The number of benzene rings is 2. The quantitative estimate of drug-likeness (QED) is 0.453. The maximum absolute atomic E-state index is 13.2. The summed E-state index contributed by atoms with van der Waals surface area (Å²) in [6.07, 6.45) is -4.41. The van der Waals surface area contributed by atoms with Gasteiger partial charge in [-0.1, -0.05) is 32.0 Å². The van der Waals surface area contributed by atoms with E-state index in [0.717, 1.165) is 12.1 Å². The van der Waals surface area contributed by atoms with E-state index in [9.17, 15) is 23.2 Å². The molecule has 1 atom stereocenters. The standard InChI is InChI=1S/C26H26F3N5O2/c1-17(2)16-36-25(35)20(15-30)23-24(32-22-9-4-3-8-21(22)31-23)34-12-10-33(11-13-34)19-7-5-6-18(14-19)26(27,28)29/h3-9,14,17,20H,10-13,16H2,1-2H3/t20-/m0/s1. The number of aromatic nitrogens is 2. The zero-order chi connectivity index (χ0) is 25.9. The molecule has 0 radical (unpaired) electrons. The van der Waals surface area contributed by atoms with E-state index in [4.69, 9.17) is 9.72 Å². The van der Waals surface area contributed by atoms with Crippen LogP contribution < -0.4 is 9.80 Å². The average Bonchev–Trinajstić information content (AvgIpc) is 2.87. The van der Waals surface area contributed by atoms with Crippen LogP contribution in [-0.2, 0) is 15.7 Å². The summed E-state index contributed by atoms with van der Waals surface area (Å²) in [7, 11) is 0. The Morgan fingerprint density at radius 3 is 2.28 bits per heavy atom. The summed E-state index contributed by atoms with van der Waals surface area (Å²) in [4.78, 5) is 25.9. The molecule has 2 aromatic carbocycles. The lowest BCUT2D eigenvalue weighted by molar-refractivity contribution is -0.145. The van der Waals surface area contributed by atoms with Crippen LogP contribution in [0.15, 0.2) is 48.5 Å². The van der Waals surface area contributed by atoms with Crippen LogP contribution in [0.1, 0.15) is 31.0 Å². The van der Waals surface area contributed by atoms with Gasteiger partial charge in [-0.3, -0.25) is 4.79 Å². The van der Waals surface area contributed by atoms with Crippen LogP contribution in [0.2, 0.25) is 0 Å². The second-order valence-electron chi connectivity index (χ2n) is 9.03. The van der Waals surface area contributed by atoms with Gasteiger partial charge in [-0.05, 0) is 36.2 Å². The molecule has 1 aliphatic heterocycles. The van der Waals surface area contributed by atoms with E-state index in [2.05, 4.69) is 4.98 Å². The fraction of sp³-hybridized carbons (Fsp3) is 0.385. The van der Waals surface area contributed by atoms with Gasteiger partial charge in [0, 0.05) is 31.9 Å². The van der Waals surface area contributed by atoms with Gasteiger partial charge < -0.3 is 14.5 Å². The van der Waals surface area contributed by atoms with Gasteiger partial charge in [0.2, 0.25) is 0 Å². The number of nitrogens with zero attached hydrogens (tertiary/aromatic N) is 5. The van der Waals surface area contributed by atoms with Crippen molar-refractivity contribution in [1.82, 2.24) is 9.97 Å². The lowest BCUT2D eigenvalue weighted by Gasteiger charge is -2.37. The number of hydrogen-bond acceptors (Lipinski definition) is 7. The van der Waals surface area contributed by atoms with Crippen molar-refractivity contribution in [2.45, 2.75) is 25.9 Å². The first-order chi connectivity index (χ1) is 17.2. The number of halogens is 3. The summed E-state index contributed by atoms with van der Waals surface area (Å²) in [5.41, 5.74) is 1.18. The Hall–Kier alpha value is -3.87. The summed E-state index contributed by atoms with van der Waals surface area (Å²) in [6, 6.07) is 14.5. The molecule has 7 nitrogen and oxygen atoms in total. The topological polar surface area (TPSA) is 82.3 Å². The maximum Gasteiger partial charge on any atom is 0.416 e. The first kappa shape index (κ1) is 25.2. The maximum atomic E-state index is 13.2. The molecule has 0 unspecified atom stereocenters. The number of anilines is 2. The van der Waals surface area contributed by atoms with Gasteiger partial charge in [-0.25, -0.2) is 9.97 Å². The van der Waals surface area contributed by atoms with Crippen molar-refractivity contribution in [2.24, 2.45) is 5.92 Å². The molecule has 0 N–H and O–H groups in total. The number of piperazine rings is 1. The molecule has 1 fully saturated rings. The molecule has 2 heterocycles. The SMILES string of the molecule is CC(C)COC(=O)[C@@H](C#N)c1nc2ccccc2nc1N1CCN(c2cccc(C(F)(F)F)c2)CC1. The zero-order valence-electron chi connectivity index (χ0n) is 20.0. The molecule has 0 spiro atoms. The van der Waals surface area contributed by atoms with Gasteiger partial charge in [-0.15, -0.1) is 0 Å². The molecule has 10 heteroatoms. The predicted octanol–water partition coefficient (Wildman–Crippen LogP) is 4.78. The largest absolute Gasteiger partial charge is 0.464 e. The number of alkyl halides is 3. The lowest BCUT2D eigenvalue weighted by atomic mass is 10.1. The Labute approximate surface area is 207 Å². The Morgan fingerprint density at radius 2 is 1.67 bits per heavy atom. The molecule has 0 bridgehead atoms. The first-order valence-electron chi connectivity index (χ1n) is 11.7. The van der Waals surface area contributed by atoms with E-state index in [0.29, 0.717) is 48.7 Å². The number of ether oxygens (including phenoxy) is 1. The predicted molar refractivity (Wildman–Crippen MR) is 130 cm³/mol. The minimum Gasteiger partial charge on any atom is -0.464 e. The highest BCUT2D eigenvalue weighted by molar-refractivity contribution is 5.85. The van der Waals surface area contributed by atoms with Crippen molar-refractivity contribution in [2.75, 3.05) is 42.6 Å². The Balaban J connectivity index is 1.61. The van der Waals surface area contributed by atoms with E-state index < -0.39 is 23.6 Å². The number of carbonyl (C=O) groups is 1. The summed E-state index contributed by atoms with van der Waals surface area (Å²) in [5, 5.41) is 9.86. The highest BCUT2D eigenvalue weighted by Crippen LogP contribution is 2.33. The third-order valence-corrected chi connectivity index (χ3v) is 5.89. The van der Waals surface area contributed by atoms with Crippen molar-refractivity contribution in [3.63, 3.8) is 0 Å². The van der Waals surface area contributed by atoms with Crippen molar-refractivity contribution in [3.8, 4) is 6.07 Å². The minimum absolute atomic E-state index is 0.111. The number of carbonyl (C=O) groups excluding carboxylic acids is 1. The van der Waals surface area contributed by atoms with Crippen molar-refractivity contribution < 1.29 is 22.7 Å². The number of nitriles is 1. The number of hydrogen-bond donors (Lipinski definition) is 0. The van der Waals surface area contributed by atoms with Crippen LogP contribution in [0, 0.1) is 17.2 Å². The van der Waals surface area contributed by atoms with Crippen LogP contribution in [0.25, 0.3) is 11.0 Å². The fourth-order valence-electron chi connectivity index (χ4n) is 4.04. The van der Waals surface area contributed by atoms with Gasteiger partial charge >= 0.3 is 12.1 Å². The van der Waals surface area contributed by atoms with Crippen LogP contribution in [0.3, 0.4) is 0 Å². The van der Waals surface area contributed by atoms with Gasteiger partial charge in [0.25, 0.3) is 0 Å². The number of esters is 1. The third kappa shape index (κ3) is 5.51. The van der Waals surface area contributed by atoms with Crippen LogP contribution >= 0.6 is 0 Å². The normalized spacial score (nSPS) is 15.1. The van der Waals surface area contributed by atoms with Gasteiger partial charge in [0.15, 0.2) is 11.7 Å². The molecule has 36 heavy (non-hydrogen) atoms. The zero-order valence-corrected chi connectivity index (χ0v) is 20.0. The number of fused-ring (bicyclic) bond motifs is 1. The van der Waals surface area contributed by atoms with Crippen LogP contribution in [-0.4, -0.2) is 48.7 Å². The van der Waals surface area contributed by atoms with Crippen molar-refractivity contribution in [3.05, 3.63) is 59.8 Å². The molecule has 1 saturated heterocycles. The highest BCUT2D eigenvalue weighted by atomic mass is 19.4. The Bertz CT molecular complexity index is 1280. The van der Waals surface area contributed by atoms with E-state index in [-0.39, 0.29) is 18.2 Å². The Morgan fingerprint density at radius 1 is 1.03 bits per heavy atom. The molecule has 4 rings (SSSR count). The monoisotopic (exact) mass is 497 g/mol. The first-order valence-corrected chi connectivity index (χ1v) is 11.7. The summed E-state index contributed by atoms with van der Waals surface area (Å²) in [5.74, 6) is -1.41. The van der Waals surface area contributed by atoms with Gasteiger partial charge in [-0.2, -0.15) is 18.4 Å².